The second-order valence-corrected chi connectivity index (χ2v) is 2.54. The molecule has 0 bridgehead atoms. The van der Waals surface area contributed by atoms with Crippen molar-refractivity contribution in [1.82, 2.24) is 0 Å². The van der Waals surface area contributed by atoms with Crippen LogP contribution < -0.4 is 9.47 Å². The van der Waals surface area contributed by atoms with E-state index in [2.05, 4.69) is 0 Å². The average Bonchev–Trinajstić information content (AvgIpc) is 2.25. The van der Waals surface area contributed by atoms with Crippen LogP contribution in [0, 0.1) is 21.4 Å². The third-order valence-corrected chi connectivity index (χ3v) is 1.65. The third-order valence-electron chi connectivity index (χ3n) is 1.65. The molecule has 0 radical (unpaired) electrons. The van der Waals surface area contributed by atoms with Gasteiger partial charge in [0, 0.05) is 6.07 Å². The summed E-state index contributed by atoms with van der Waals surface area (Å²) in [5.41, 5.74) is -0.108. The van der Waals surface area contributed by atoms with Crippen LogP contribution in [0.4, 0.5) is 5.69 Å². The monoisotopic (exact) mass is 208 g/mol. The summed E-state index contributed by atoms with van der Waals surface area (Å²) in [6, 6.07) is 5.71. The smallest absolute Gasteiger partial charge is 0.273 e. The highest BCUT2D eigenvalue weighted by atomic mass is 16.6. The number of non-ortho nitro benzene ring substituents is 1. The van der Waals surface area contributed by atoms with Gasteiger partial charge in [-0.05, 0) is 6.07 Å². The molecule has 0 saturated carbocycles. The maximum atomic E-state index is 10.5. The summed E-state index contributed by atoms with van der Waals surface area (Å²) in [5, 5.41) is 18.8. The zero-order valence-corrected chi connectivity index (χ0v) is 7.97. The average molecular weight is 208 g/mol. The van der Waals surface area contributed by atoms with Crippen LogP contribution in [0.3, 0.4) is 0 Å². The molecule has 0 aromatic heterocycles. The zero-order valence-electron chi connectivity index (χ0n) is 7.97. The lowest BCUT2D eigenvalue weighted by Gasteiger charge is -2.07. The van der Waals surface area contributed by atoms with Gasteiger partial charge < -0.3 is 9.47 Å². The largest absolute Gasteiger partial charge is 0.493 e. The molecule has 1 aromatic carbocycles. The molecule has 0 heterocycles. The second-order valence-electron chi connectivity index (χ2n) is 2.54. The van der Waals surface area contributed by atoms with Gasteiger partial charge in [0.2, 0.25) is 0 Å². The number of hydrogen-bond acceptors (Lipinski definition) is 5. The molecular formula is C9H8N2O4. The number of nitriles is 1. The van der Waals surface area contributed by atoms with E-state index < -0.39 is 4.92 Å². The van der Waals surface area contributed by atoms with E-state index >= 15 is 0 Å². The molecule has 0 aliphatic rings. The first-order chi connectivity index (χ1) is 7.19. The highest BCUT2D eigenvalue weighted by Crippen LogP contribution is 2.30. The molecule has 0 amide bonds. The Labute approximate surface area is 85.8 Å². The molecule has 6 heteroatoms. The highest BCUT2D eigenvalue weighted by Gasteiger charge is 2.11. The number of nitro benzene ring substituents is 1. The third kappa shape index (κ3) is 2.57. The van der Waals surface area contributed by atoms with E-state index in [0.717, 1.165) is 0 Å². The molecule has 1 rings (SSSR count). The maximum absolute atomic E-state index is 10.5. The lowest BCUT2D eigenvalue weighted by atomic mass is 10.3. The standard InChI is InChI=1S/C9H8N2O4/c1-14-8-3-2-7(11(12)13)6-9(8)15-5-4-10/h2-3,6H,5H2,1H3. The predicted molar refractivity (Wildman–Crippen MR) is 50.8 cm³/mol. The number of benzene rings is 1. The van der Waals surface area contributed by atoms with Crippen molar-refractivity contribution in [3.05, 3.63) is 28.3 Å². The molecule has 0 N–H and O–H groups in total. The Morgan fingerprint density at radius 1 is 1.53 bits per heavy atom. The van der Waals surface area contributed by atoms with Crippen molar-refractivity contribution in [2.45, 2.75) is 0 Å². The van der Waals surface area contributed by atoms with Gasteiger partial charge >= 0.3 is 0 Å². The molecule has 15 heavy (non-hydrogen) atoms. The van der Waals surface area contributed by atoms with Crippen LogP contribution in [0.15, 0.2) is 18.2 Å². The topological polar surface area (TPSA) is 85.4 Å². The summed E-state index contributed by atoms with van der Waals surface area (Å²) in [6.45, 7) is -0.183. The van der Waals surface area contributed by atoms with E-state index in [0.29, 0.717) is 5.75 Å². The van der Waals surface area contributed by atoms with Crippen LogP contribution in [0.25, 0.3) is 0 Å². The number of nitrogens with zero attached hydrogens (tertiary/aromatic N) is 2. The van der Waals surface area contributed by atoms with Crippen LogP contribution >= 0.6 is 0 Å². The molecule has 0 aliphatic heterocycles. The number of methoxy groups -OCH3 is 1. The normalized spacial score (nSPS) is 9.07. The minimum absolute atomic E-state index is 0.108. The Morgan fingerprint density at radius 2 is 2.27 bits per heavy atom. The number of rotatable bonds is 4. The summed E-state index contributed by atoms with van der Waals surface area (Å²) in [5.74, 6) is 0.545. The van der Waals surface area contributed by atoms with Gasteiger partial charge in [0.05, 0.1) is 18.1 Å². The van der Waals surface area contributed by atoms with Gasteiger partial charge in [-0.15, -0.1) is 0 Å². The van der Waals surface area contributed by atoms with Gasteiger partial charge in [0.25, 0.3) is 5.69 Å². The summed E-state index contributed by atoms with van der Waals surface area (Å²) < 4.78 is 9.90. The minimum atomic E-state index is -0.543. The van der Waals surface area contributed by atoms with Gasteiger partial charge in [0.1, 0.15) is 6.07 Å². The Morgan fingerprint density at radius 3 is 2.80 bits per heavy atom. The number of ether oxygens (including phenoxy) is 2. The van der Waals surface area contributed by atoms with Crippen molar-refractivity contribution in [1.29, 1.82) is 5.26 Å². The number of hydrogen-bond donors (Lipinski definition) is 0. The van der Waals surface area contributed by atoms with E-state index in [-0.39, 0.29) is 18.0 Å². The first-order valence-electron chi connectivity index (χ1n) is 4.01. The number of nitro groups is 1. The molecule has 0 aliphatic carbocycles. The lowest BCUT2D eigenvalue weighted by Crippen LogP contribution is -1.98. The molecule has 6 nitrogen and oxygen atoms in total. The first-order valence-corrected chi connectivity index (χ1v) is 4.01. The maximum Gasteiger partial charge on any atom is 0.273 e. The van der Waals surface area contributed by atoms with Crippen molar-refractivity contribution >= 4 is 5.69 Å². The van der Waals surface area contributed by atoms with Crippen molar-refractivity contribution in [2.75, 3.05) is 13.7 Å². The molecule has 0 atom stereocenters. The second kappa shape index (κ2) is 4.81. The quantitative estimate of drug-likeness (QED) is 0.552. The van der Waals surface area contributed by atoms with Crippen molar-refractivity contribution in [3.63, 3.8) is 0 Å². The van der Waals surface area contributed by atoms with Crippen molar-refractivity contribution < 1.29 is 14.4 Å². The summed E-state index contributed by atoms with van der Waals surface area (Å²) in [6.07, 6.45) is 0. The van der Waals surface area contributed by atoms with E-state index in [1.54, 1.807) is 6.07 Å². The summed E-state index contributed by atoms with van der Waals surface area (Å²) in [7, 11) is 1.42. The van der Waals surface area contributed by atoms with E-state index in [9.17, 15) is 10.1 Å². The Kier molecular flexibility index (Phi) is 3.46. The van der Waals surface area contributed by atoms with Gasteiger partial charge in [-0.25, -0.2) is 0 Å². The Hall–Kier alpha value is -2.29. The van der Waals surface area contributed by atoms with Crippen molar-refractivity contribution in [3.8, 4) is 17.6 Å². The molecule has 1 aromatic rings. The molecule has 0 spiro atoms. The Balaban J connectivity index is 3.03. The zero-order chi connectivity index (χ0) is 11.3. The van der Waals surface area contributed by atoms with Gasteiger partial charge in [0.15, 0.2) is 18.1 Å². The fourth-order valence-corrected chi connectivity index (χ4v) is 1.00. The molecular weight excluding hydrogens is 200 g/mol. The SMILES string of the molecule is COc1ccc([N+](=O)[O-])cc1OCC#N. The van der Waals surface area contributed by atoms with Crippen LogP contribution in [0.1, 0.15) is 0 Å². The van der Waals surface area contributed by atoms with Gasteiger partial charge in [-0.2, -0.15) is 5.26 Å². The Bertz CT molecular complexity index is 411. The lowest BCUT2D eigenvalue weighted by molar-refractivity contribution is -0.385. The fourth-order valence-electron chi connectivity index (χ4n) is 1.00. The van der Waals surface area contributed by atoms with Crippen LogP contribution in [0.2, 0.25) is 0 Å². The van der Waals surface area contributed by atoms with Crippen LogP contribution in [0.5, 0.6) is 11.5 Å². The van der Waals surface area contributed by atoms with Gasteiger partial charge in [-0.3, -0.25) is 10.1 Å². The van der Waals surface area contributed by atoms with Gasteiger partial charge in [-0.1, -0.05) is 0 Å². The summed E-state index contributed by atoms with van der Waals surface area (Å²) in [4.78, 5) is 9.93. The van der Waals surface area contributed by atoms with Crippen LogP contribution in [-0.4, -0.2) is 18.6 Å². The van der Waals surface area contributed by atoms with E-state index in [1.807, 2.05) is 0 Å². The first kappa shape index (κ1) is 10.8. The van der Waals surface area contributed by atoms with Crippen molar-refractivity contribution in [2.24, 2.45) is 0 Å². The fraction of sp³-hybridized carbons (Fsp3) is 0.222. The molecule has 0 unspecified atom stereocenters. The summed E-state index contributed by atoms with van der Waals surface area (Å²) >= 11 is 0. The molecule has 0 fully saturated rings. The van der Waals surface area contributed by atoms with E-state index in [1.165, 1.54) is 25.3 Å². The molecule has 0 saturated heterocycles. The minimum Gasteiger partial charge on any atom is -0.493 e. The predicted octanol–water partition coefficient (Wildman–Crippen LogP) is 1.51. The highest BCUT2D eigenvalue weighted by molar-refractivity contribution is 5.48. The van der Waals surface area contributed by atoms with Crippen LogP contribution in [-0.2, 0) is 0 Å². The van der Waals surface area contributed by atoms with E-state index in [4.69, 9.17) is 14.7 Å². The molecule has 78 valence electrons.